The van der Waals surface area contributed by atoms with Crippen molar-refractivity contribution in [1.29, 1.82) is 0 Å². The van der Waals surface area contributed by atoms with Crippen molar-refractivity contribution < 1.29 is 4.79 Å². The van der Waals surface area contributed by atoms with Gasteiger partial charge in [-0.1, -0.05) is 0 Å². The van der Waals surface area contributed by atoms with Crippen LogP contribution in [0.4, 0.5) is 5.00 Å². The van der Waals surface area contributed by atoms with E-state index in [4.69, 9.17) is 0 Å². The van der Waals surface area contributed by atoms with Crippen LogP contribution in [-0.2, 0) is 4.79 Å². The van der Waals surface area contributed by atoms with Gasteiger partial charge in [0.2, 0.25) is 5.91 Å². The number of nitrogens with zero attached hydrogens (tertiary/aromatic N) is 1. The summed E-state index contributed by atoms with van der Waals surface area (Å²) in [7, 11) is 1.79. The van der Waals surface area contributed by atoms with Gasteiger partial charge in [-0.15, -0.1) is 11.3 Å². The van der Waals surface area contributed by atoms with E-state index in [2.05, 4.69) is 12.6 Å². The van der Waals surface area contributed by atoms with Crippen molar-refractivity contribution in [1.82, 2.24) is 0 Å². The largest absolute Gasteiger partial charge is 0.307 e. The molecule has 0 bridgehead atoms. The molecule has 0 aromatic carbocycles. The van der Waals surface area contributed by atoms with Gasteiger partial charge < -0.3 is 4.90 Å². The van der Waals surface area contributed by atoms with Crippen molar-refractivity contribution in [2.75, 3.05) is 17.7 Å². The van der Waals surface area contributed by atoms with E-state index in [9.17, 15) is 4.79 Å². The van der Waals surface area contributed by atoms with Gasteiger partial charge in [0.25, 0.3) is 0 Å². The lowest BCUT2D eigenvalue weighted by Crippen LogP contribution is -2.25. The van der Waals surface area contributed by atoms with Crippen molar-refractivity contribution in [2.24, 2.45) is 0 Å². The Bertz CT molecular complexity index is 246. The molecule has 0 saturated carbocycles. The predicted octanol–water partition coefficient (Wildman–Crippen LogP) is 2.03. The molecule has 0 saturated heterocycles. The highest BCUT2D eigenvalue weighted by Crippen LogP contribution is 2.20. The van der Waals surface area contributed by atoms with Crippen molar-refractivity contribution in [3.05, 3.63) is 17.5 Å². The summed E-state index contributed by atoms with van der Waals surface area (Å²) < 4.78 is 0. The van der Waals surface area contributed by atoms with Gasteiger partial charge in [-0.3, -0.25) is 4.79 Å². The molecule has 4 heteroatoms. The molecule has 1 aromatic heterocycles. The lowest BCUT2D eigenvalue weighted by molar-refractivity contribution is -0.117. The van der Waals surface area contributed by atoms with Gasteiger partial charge in [0, 0.05) is 13.5 Å². The number of hydrogen-bond donors (Lipinski definition) is 1. The van der Waals surface area contributed by atoms with Crippen molar-refractivity contribution in [3.63, 3.8) is 0 Å². The third kappa shape index (κ3) is 2.25. The zero-order valence-corrected chi connectivity index (χ0v) is 8.57. The van der Waals surface area contributed by atoms with Crippen LogP contribution in [0.15, 0.2) is 17.5 Å². The quantitative estimate of drug-likeness (QED) is 0.742. The van der Waals surface area contributed by atoms with Gasteiger partial charge in [0.15, 0.2) is 0 Å². The topological polar surface area (TPSA) is 20.3 Å². The van der Waals surface area contributed by atoms with Crippen LogP contribution >= 0.6 is 24.0 Å². The van der Waals surface area contributed by atoms with Crippen LogP contribution in [0.3, 0.4) is 0 Å². The van der Waals surface area contributed by atoms with Gasteiger partial charge in [0.1, 0.15) is 0 Å². The molecule has 1 amide bonds. The number of carbonyl (C=O) groups excluding carboxylic acids is 1. The third-order valence-electron chi connectivity index (χ3n) is 1.54. The van der Waals surface area contributed by atoms with Crippen LogP contribution in [0, 0.1) is 0 Å². The van der Waals surface area contributed by atoms with E-state index in [0.717, 1.165) is 5.00 Å². The fraction of sp³-hybridized carbons (Fsp3) is 0.375. The molecule has 66 valence electrons. The number of thiophene rings is 1. The average molecular weight is 201 g/mol. The Morgan fingerprint density at radius 1 is 1.75 bits per heavy atom. The molecule has 0 fully saturated rings. The first-order valence-electron chi connectivity index (χ1n) is 3.66. The maximum atomic E-state index is 11.3. The molecular formula is C8H11NOS2. The van der Waals surface area contributed by atoms with Gasteiger partial charge in [-0.25, -0.2) is 0 Å². The van der Waals surface area contributed by atoms with E-state index < -0.39 is 0 Å². The molecule has 1 rings (SSSR count). The molecule has 0 unspecified atom stereocenters. The monoisotopic (exact) mass is 201 g/mol. The summed E-state index contributed by atoms with van der Waals surface area (Å²) in [5.41, 5.74) is 0. The molecular weight excluding hydrogens is 190 g/mol. The van der Waals surface area contributed by atoms with Crippen LogP contribution in [0.1, 0.15) is 6.42 Å². The number of anilines is 1. The van der Waals surface area contributed by atoms with Crippen LogP contribution in [0.25, 0.3) is 0 Å². The summed E-state index contributed by atoms with van der Waals surface area (Å²) in [6.45, 7) is 0. The molecule has 0 atom stereocenters. The smallest absolute Gasteiger partial charge is 0.228 e. The first-order chi connectivity index (χ1) is 5.75. The van der Waals surface area contributed by atoms with Crippen LogP contribution in [0.2, 0.25) is 0 Å². The Morgan fingerprint density at radius 3 is 3.00 bits per heavy atom. The Hall–Kier alpha value is -0.480. The second-order valence-corrected chi connectivity index (χ2v) is 3.75. The van der Waals surface area contributed by atoms with E-state index in [-0.39, 0.29) is 5.91 Å². The lowest BCUT2D eigenvalue weighted by Gasteiger charge is -2.13. The Labute approximate surface area is 81.6 Å². The van der Waals surface area contributed by atoms with Gasteiger partial charge in [-0.2, -0.15) is 12.6 Å². The standard InChI is InChI=1S/C8H11NOS2/c1-9(7(10)4-5-11)8-3-2-6-12-8/h2-3,6,11H,4-5H2,1H3. The predicted molar refractivity (Wildman–Crippen MR) is 56.2 cm³/mol. The van der Waals surface area contributed by atoms with Gasteiger partial charge in [0.05, 0.1) is 5.00 Å². The van der Waals surface area contributed by atoms with Crippen LogP contribution < -0.4 is 4.90 Å². The number of hydrogen-bond acceptors (Lipinski definition) is 3. The Kier molecular flexibility index (Phi) is 3.62. The SMILES string of the molecule is CN(C(=O)CCS)c1cccs1. The van der Waals surface area contributed by atoms with E-state index in [1.54, 1.807) is 23.3 Å². The summed E-state index contributed by atoms with van der Waals surface area (Å²) in [6, 6.07) is 3.87. The highest BCUT2D eigenvalue weighted by atomic mass is 32.1. The first kappa shape index (κ1) is 9.61. The highest BCUT2D eigenvalue weighted by molar-refractivity contribution is 7.80. The minimum Gasteiger partial charge on any atom is -0.307 e. The van der Waals surface area contributed by atoms with E-state index >= 15 is 0 Å². The lowest BCUT2D eigenvalue weighted by atomic mass is 10.4. The number of amides is 1. The van der Waals surface area contributed by atoms with Crippen molar-refractivity contribution in [3.8, 4) is 0 Å². The molecule has 0 spiro atoms. The molecule has 0 N–H and O–H groups in total. The van der Waals surface area contributed by atoms with Gasteiger partial charge >= 0.3 is 0 Å². The second-order valence-electron chi connectivity index (χ2n) is 2.38. The molecule has 0 aliphatic heterocycles. The Morgan fingerprint density at radius 2 is 2.50 bits per heavy atom. The van der Waals surface area contributed by atoms with Crippen LogP contribution in [-0.4, -0.2) is 18.7 Å². The number of carbonyl (C=O) groups is 1. The van der Waals surface area contributed by atoms with Gasteiger partial charge in [-0.05, 0) is 23.3 Å². The number of thiol groups is 1. The highest BCUT2D eigenvalue weighted by Gasteiger charge is 2.09. The summed E-state index contributed by atoms with van der Waals surface area (Å²) in [4.78, 5) is 13.0. The maximum absolute atomic E-state index is 11.3. The Balaban J connectivity index is 2.59. The van der Waals surface area contributed by atoms with E-state index in [0.29, 0.717) is 12.2 Å². The molecule has 2 nitrogen and oxygen atoms in total. The summed E-state index contributed by atoms with van der Waals surface area (Å²) in [6.07, 6.45) is 0.498. The fourth-order valence-corrected chi connectivity index (χ4v) is 1.75. The van der Waals surface area contributed by atoms with Crippen LogP contribution in [0.5, 0.6) is 0 Å². The minimum absolute atomic E-state index is 0.118. The molecule has 1 aromatic rings. The summed E-state index contributed by atoms with van der Waals surface area (Å²) in [5, 5.41) is 2.95. The molecule has 0 aliphatic carbocycles. The molecule has 12 heavy (non-hydrogen) atoms. The summed E-state index contributed by atoms with van der Waals surface area (Å²) >= 11 is 5.57. The molecule has 0 aliphatic rings. The summed E-state index contributed by atoms with van der Waals surface area (Å²) in [5.74, 6) is 0.724. The number of rotatable bonds is 3. The minimum atomic E-state index is 0.118. The van der Waals surface area contributed by atoms with Crippen molar-refractivity contribution in [2.45, 2.75) is 6.42 Å². The third-order valence-corrected chi connectivity index (χ3v) is 2.70. The van der Waals surface area contributed by atoms with E-state index in [1.165, 1.54) is 0 Å². The normalized spacial score (nSPS) is 9.83. The zero-order chi connectivity index (χ0) is 8.97. The van der Waals surface area contributed by atoms with E-state index in [1.807, 2.05) is 17.5 Å². The first-order valence-corrected chi connectivity index (χ1v) is 5.18. The maximum Gasteiger partial charge on any atom is 0.228 e. The molecule has 1 heterocycles. The second kappa shape index (κ2) is 4.52. The molecule has 0 radical (unpaired) electrons. The van der Waals surface area contributed by atoms with Crippen molar-refractivity contribution >= 4 is 34.9 Å². The fourth-order valence-electron chi connectivity index (χ4n) is 0.847. The zero-order valence-electron chi connectivity index (χ0n) is 6.86. The average Bonchev–Trinajstić information content (AvgIpc) is 2.55.